The predicted octanol–water partition coefficient (Wildman–Crippen LogP) is 2.86. The third kappa shape index (κ3) is 6.84. The highest BCUT2D eigenvalue weighted by Gasteiger charge is 2.16. The first kappa shape index (κ1) is 18.3. The number of pyridine rings is 1. The van der Waals surface area contributed by atoms with Gasteiger partial charge in [0.2, 0.25) is 0 Å². The second-order valence-electron chi connectivity index (χ2n) is 4.38. The average Bonchev–Trinajstić information content (AvgIpc) is 2.50. The Morgan fingerprint density at radius 3 is 2.82 bits per heavy atom. The summed E-state index contributed by atoms with van der Waals surface area (Å²) in [5.41, 5.74) is 0.141. The van der Waals surface area contributed by atoms with Crippen molar-refractivity contribution in [3.8, 4) is 0 Å². The van der Waals surface area contributed by atoms with E-state index in [-0.39, 0.29) is 28.3 Å². The van der Waals surface area contributed by atoms with Crippen molar-refractivity contribution in [1.29, 1.82) is 0 Å². The van der Waals surface area contributed by atoms with Crippen molar-refractivity contribution in [2.45, 2.75) is 36.5 Å². The highest BCUT2D eigenvalue weighted by atomic mass is 32.2. The van der Waals surface area contributed by atoms with Crippen LogP contribution in [0.25, 0.3) is 0 Å². The largest absolute Gasteiger partial charge is 0.469 e. The average molecular weight is 332 g/mol. The van der Waals surface area contributed by atoms with E-state index in [2.05, 4.69) is 15.0 Å². The first-order valence-electron chi connectivity index (χ1n) is 6.79. The Bertz CT molecular complexity index is 501. The molecule has 0 aliphatic carbocycles. The van der Waals surface area contributed by atoms with Crippen LogP contribution in [0.5, 0.6) is 0 Å². The lowest BCUT2D eigenvalue weighted by atomic mass is 10.2. The van der Waals surface area contributed by atoms with Crippen LogP contribution in [0.1, 0.15) is 36.0 Å². The molecule has 0 aliphatic rings. The number of methoxy groups -OCH3 is 1. The monoisotopic (exact) mass is 332 g/mol. The number of hydrogen-bond acceptors (Lipinski definition) is 5. The zero-order valence-electron chi connectivity index (χ0n) is 12.2. The molecule has 5 nitrogen and oxygen atoms in total. The number of esters is 1. The summed E-state index contributed by atoms with van der Waals surface area (Å²) < 4.78 is 29.3. The zero-order valence-corrected chi connectivity index (χ0v) is 13.0. The number of alkyl halides is 2. The summed E-state index contributed by atoms with van der Waals surface area (Å²) in [5.74, 6) is -3.31. The quantitative estimate of drug-likeness (QED) is 0.428. The summed E-state index contributed by atoms with van der Waals surface area (Å²) in [6, 6.07) is 2.99. The smallest absolute Gasteiger partial charge is 0.305 e. The Labute approximate surface area is 131 Å². The molecule has 1 heterocycles. The van der Waals surface area contributed by atoms with Crippen molar-refractivity contribution in [3.63, 3.8) is 0 Å². The zero-order chi connectivity index (χ0) is 16.4. The van der Waals surface area contributed by atoms with Gasteiger partial charge >= 0.3 is 5.97 Å². The molecule has 1 aromatic rings. The van der Waals surface area contributed by atoms with Crippen molar-refractivity contribution in [1.82, 2.24) is 10.3 Å². The van der Waals surface area contributed by atoms with Crippen LogP contribution in [0, 0.1) is 0 Å². The molecule has 0 radical (unpaired) electrons. The number of thioether (sulfide) groups is 1. The number of hydrogen-bond donors (Lipinski definition) is 1. The molecule has 1 amide bonds. The molecule has 1 rings (SSSR count). The highest BCUT2D eigenvalue weighted by molar-refractivity contribution is 7.99. The lowest BCUT2D eigenvalue weighted by Gasteiger charge is -2.08. The molecular formula is C14H18F2N2O3S. The minimum absolute atomic E-state index is 0.0145. The van der Waals surface area contributed by atoms with Gasteiger partial charge in [0.05, 0.1) is 12.7 Å². The maximum atomic E-state index is 12.4. The lowest BCUT2D eigenvalue weighted by molar-refractivity contribution is -0.140. The van der Waals surface area contributed by atoms with E-state index >= 15 is 0 Å². The maximum absolute atomic E-state index is 12.4. The normalized spacial score (nSPS) is 10.5. The number of rotatable bonds is 9. The maximum Gasteiger partial charge on any atom is 0.305 e. The van der Waals surface area contributed by atoms with Gasteiger partial charge in [0, 0.05) is 19.2 Å². The number of ether oxygens (including phenoxy) is 1. The SMILES string of the molecule is COC(=O)CCCCCNC(=O)c1cccnc1SC(F)F. The Balaban J connectivity index is 2.35. The van der Waals surface area contributed by atoms with Crippen molar-refractivity contribution >= 4 is 23.6 Å². The van der Waals surface area contributed by atoms with Crippen LogP contribution in [0.15, 0.2) is 23.4 Å². The van der Waals surface area contributed by atoms with Crippen LogP contribution in [-0.2, 0) is 9.53 Å². The molecule has 0 atom stereocenters. The second-order valence-corrected chi connectivity index (χ2v) is 5.36. The van der Waals surface area contributed by atoms with Crippen LogP contribution in [0.3, 0.4) is 0 Å². The van der Waals surface area contributed by atoms with Crippen molar-refractivity contribution in [3.05, 3.63) is 23.9 Å². The fraction of sp³-hybridized carbons (Fsp3) is 0.500. The fourth-order valence-electron chi connectivity index (χ4n) is 1.71. The number of halogens is 2. The Morgan fingerprint density at radius 2 is 2.14 bits per heavy atom. The molecule has 1 N–H and O–H groups in total. The van der Waals surface area contributed by atoms with E-state index in [4.69, 9.17) is 0 Å². The summed E-state index contributed by atoms with van der Waals surface area (Å²) in [4.78, 5) is 26.6. The van der Waals surface area contributed by atoms with Gasteiger partial charge in [0.1, 0.15) is 5.03 Å². The van der Waals surface area contributed by atoms with E-state index in [0.29, 0.717) is 25.8 Å². The van der Waals surface area contributed by atoms with Gasteiger partial charge < -0.3 is 10.1 Å². The Hall–Kier alpha value is -1.70. The molecule has 0 saturated carbocycles. The van der Waals surface area contributed by atoms with Crippen molar-refractivity contribution in [2.75, 3.05) is 13.7 Å². The molecule has 1 aromatic heterocycles. The van der Waals surface area contributed by atoms with Crippen LogP contribution < -0.4 is 5.32 Å². The van der Waals surface area contributed by atoms with Gasteiger partial charge in [-0.3, -0.25) is 9.59 Å². The number of carbonyl (C=O) groups is 2. The van der Waals surface area contributed by atoms with Crippen LogP contribution in [-0.4, -0.2) is 36.3 Å². The molecule has 0 bridgehead atoms. The molecule has 0 aromatic carbocycles. The van der Waals surface area contributed by atoms with E-state index in [1.54, 1.807) is 0 Å². The van der Waals surface area contributed by atoms with Gasteiger partial charge in [0.15, 0.2) is 0 Å². The summed E-state index contributed by atoms with van der Waals surface area (Å²) in [6.45, 7) is 0.410. The van der Waals surface area contributed by atoms with Crippen LogP contribution in [0.4, 0.5) is 8.78 Å². The molecule has 22 heavy (non-hydrogen) atoms. The van der Waals surface area contributed by atoms with E-state index in [9.17, 15) is 18.4 Å². The highest BCUT2D eigenvalue weighted by Crippen LogP contribution is 2.26. The third-order valence-electron chi connectivity index (χ3n) is 2.79. The number of aromatic nitrogens is 1. The lowest BCUT2D eigenvalue weighted by Crippen LogP contribution is -2.25. The van der Waals surface area contributed by atoms with Gasteiger partial charge in [-0.1, -0.05) is 6.42 Å². The van der Waals surface area contributed by atoms with Gasteiger partial charge in [0.25, 0.3) is 11.7 Å². The second kappa shape index (κ2) is 10.1. The van der Waals surface area contributed by atoms with Gasteiger partial charge in [-0.25, -0.2) is 4.98 Å². The molecule has 0 fully saturated rings. The van der Waals surface area contributed by atoms with E-state index in [1.165, 1.54) is 25.4 Å². The summed E-state index contributed by atoms with van der Waals surface area (Å²) >= 11 is 0.250. The van der Waals surface area contributed by atoms with Gasteiger partial charge in [-0.15, -0.1) is 0 Å². The summed E-state index contributed by atoms with van der Waals surface area (Å²) in [7, 11) is 1.34. The summed E-state index contributed by atoms with van der Waals surface area (Å²) in [6.07, 6.45) is 3.86. The molecule has 0 unspecified atom stereocenters. The predicted molar refractivity (Wildman–Crippen MR) is 78.9 cm³/mol. The van der Waals surface area contributed by atoms with Crippen LogP contribution in [0.2, 0.25) is 0 Å². The fourth-order valence-corrected chi connectivity index (χ4v) is 2.29. The first-order valence-corrected chi connectivity index (χ1v) is 7.67. The van der Waals surface area contributed by atoms with Crippen molar-refractivity contribution < 1.29 is 23.1 Å². The number of nitrogens with one attached hydrogen (secondary N) is 1. The third-order valence-corrected chi connectivity index (χ3v) is 3.51. The number of carbonyl (C=O) groups excluding carboxylic acids is 2. The van der Waals surface area contributed by atoms with Gasteiger partial charge in [-0.05, 0) is 36.7 Å². The van der Waals surface area contributed by atoms with Crippen LogP contribution >= 0.6 is 11.8 Å². The Kier molecular flexibility index (Phi) is 8.42. The molecule has 0 aliphatic heterocycles. The molecule has 0 saturated heterocycles. The van der Waals surface area contributed by atoms with E-state index in [1.807, 2.05) is 0 Å². The van der Waals surface area contributed by atoms with Crippen molar-refractivity contribution in [2.24, 2.45) is 0 Å². The standard InChI is InChI=1S/C14H18F2N2O3S/c1-21-11(19)7-3-2-4-8-17-12(20)10-6-5-9-18-13(10)22-14(15)16/h5-6,9,14H,2-4,7-8H2,1H3,(H,17,20). The number of unbranched alkanes of at least 4 members (excludes halogenated alkanes) is 2. The topological polar surface area (TPSA) is 68.3 Å². The molecule has 0 spiro atoms. The number of nitrogens with zero attached hydrogens (tertiary/aromatic N) is 1. The Morgan fingerprint density at radius 1 is 1.36 bits per heavy atom. The minimum Gasteiger partial charge on any atom is -0.469 e. The molecule has 8 heteroatoms. The van der Waals surface area contributed by atoms with E-state index in [0.717, 1.165) is 6.42 Å². The first-order chi connectivity index (χ1) is 10.5. The van der Waals surface area contributed by atoms with Gasteiger partial charge in [-0.2, -0.15) is 8.78 Å². The minimum atomic E-state index is -2.63. The molecule has 122 valence electrons. The molecular weight excluding hydrogens is 314 g/mol. The number of amides is 1. The van der Waals surface area contributed by atoms with E-state index < -0.39 is 11.7 Å². The summed E-state index contributed by atoms with van der Waals surface area (Å²) in [5, 5.41) is 2.68.